The van der Waals surface area contributed by atoms with E-state index < -0.39 is 29.1 Å². The van der Waals surface area contributed by atoms with Crippen LogP contribution in [0.1, 0.15) is 62.8 Å². The second kappa shape index (κ2) is 16.4. The third kappa shape index (κ3) is 9.53. The standard InChI is InChI=1S/C35H41Cl2N3O8/c1-34(2,3)48-30(42)13-14-35(33(43)40-38-21-22-17-26(44-4)20-27(18-22)45-5)31(28-12-9-24(36)19-29(28)37)47-32(39-35)23-7-10-25(11-8-23)46-16-6-15-41/h7-12,17-20,31,38,41H,6,13-16,21H2,1-5H3,(H,40,43)/t31-,35-/m0/s1. The summed E-state index contributed by atoms with van der Waals surface area (Å²) in [6.07, 6.45) is -0.760. The maximum atomic E-state index is 14.4. The van der Waals surface area contributed by atoms with Crippen LogP contribution in [0.3, 0.4) is 0 Å². The van der Waals surface area contributed by atoms with Crippen molar-refractivity contribution < 1.29 is 38.4 Å². The third-order valence-electron chi connectivity index (χ3n) is 7.31. The molecule has 48 heavy (non-hydrogen) atoms. The minimum absolute atomic E-state index is 0.0212. The maximum absolute atomic E-state index is 14.4. The number of nitrogens with one attached hydrogen (secondary N) is 2. The van der Waals surface area contributed by atoms with Crippen LogP contribution in [0.4, 0.5) is 0 Å². The molecule has 0 bridgehead atoms. The number of carbonyl (C=O) groups is 2. The molecule has 0 unspecified atom stereocenters. The normalized spacial score (nSPS) is 17.2. The molecular weight excluding hydrogens is 661 g/mol. The number of aliphatic hydroxyl groups excluding tert-OH is 1. The smallest absolute Gasteiger partial charge is 0.306 e. The van der Waals surface area contributed by atoms with Crippen LogP contribution >= 0.6 is 23.2 Å². The predicted molar refractivity (Wildman–Crippen MR) is 183 cm³/mol. The number of ether oxygens (including phenoxy) is 5. The van der Waals surface area contributed by atoms with E-state index in [2.05, 4.69) is 10.9 Å². The van der Waals surface area contributed by atoms with Crippen LogP contribution in [0.15, 0.2) is 65.7 Å². The van der Waals surface area contributed by atoms with Gasteiger partial charge in [-0.25, -0.2) is 10.4 Å². The molecule has 1 heterocycles. The van der Waals surface area contributed by atoms with Gasteiger partial charge in [0.15, 0.2) is 11.6 Å². The van der Waals surface area contributed by atoms with E-state index in [9.17, 15) is 9.59 Å². The van der Waals surface area contributed by atoms with E-state index in [1.165, 1.54) is 0 Å². The Balaban J connectivity index is 1.71. The van der Waals surface area contributed by atoms with Crippen LogP contribution in [0.5, 0.6) is 17.2 Å². The van der Waals surface area contributed by atoms with Crippen molar-refractivity contribution in [3.05, 3.63) is 87.4 Å². The van der Waals surface area contributed by atoms with E-state index in [1.54, 1.807) is 83.5 Å². The molecule has 0 spiro atoms. The highest BCUT2D eigenvalue weighted by Gasteiger charge is 2.54. The molecule has 1 amide bonds. The highest BCUT2D eigenvalue weighted by atomic mass is 35.5. The fourth-order valence-corrected chi connectivity index (χ4v) is 5.56. The van der Waals surface area contributed by atoms with E-state index >= 15 is 0 Å². The third-order valence-corrected chi connectivity index (χ3v) is 7.87. The van der Waals surface area contributed by atoms with Crippen LogP contribution in [0, 0.1) is 0 Å². The number of nitrogens with zero attached hydrogens (tertiary/aromatic N) is 1. The van der Waals surface area contributed by atoms with Crippen LogP contribution in [-0.4, -0.2) is 61.5 Å². The van der Waals surface area contributed by atoms with Crippen molar-refractivity contribution in [2.24, 2.45) is 4.99 Å². The van der Waals surface area contributed by atoms with Crippen LogP contribution < -0.4 is 25.1 Å². The maximum Gasteiger partial charge on any atom is 0.306 e. The van der Waals surface area contributed by atoms with Crippen molar-refractivity contribution in [3.8, 4) is 17.2 Å². The Hall–Kier alpha value is -4.03. The lowest BCUT2D eigenvalue weighted by Gasteiger charge is -2.31. The Bertz CT molecular complexity index is 1590. The van der Waals surface area contributed by atoms with Crippen molar-refractivity contribution in [2.45, 2.75) is 63.8 Å². The molecule has 13 heteroatoms. The van der Waals surface area contributed by atoms with Gasteiger partial charge in [-0.3, -0.25) is 15.0 Å². The average Bonchev–Trinajstić information content (AvgIpc) is 3.43. The van der Waals surface area contributed by atoms with Gasteiger partial charge in [0.2, 0.25) is 5.90 Å². The van der Waals surface area contributed by atoms with E-state index in [0.29, 0.717) is 46.4 Å². The van der Waals surface area contributed by atoms with Crippen molar-refractivity contribution in [2.75, 3.05) is 27.4 Å². The summed E-state index contributed by atoms with van der Waals surface area (Å²) in [6.45, 7) is 5.90. The van der Waals surface area contributed by atoms with Gasteiger partial charge in [-0.2, -0.15) is 0 Å². The molecule has 258 valence electrons. The zero-order valence-corrected chi connectivity index (χ0v) is 29.1. The van der Waals surface area contributed by atoms with Crippen molar-refractivity contribution in [3.63, 3.8) is 0 Å². The molecule has 3 aromatic carbocycles. The Labute approximate surface area is 290 Å². The van der Waals surface area contributed by atoms with Crippen LogP contribution in [0.2, 0.25) is 10.0 Å². The minimum atomic E-state index is -1.67. The quantitative estimate of drug-likeness (QED) is 0.0994. The summed E-state index contributed by atoms with van der Waals surface area (Å²) in [5.74, 6) is 0.884. The first-order chi connectivity index (χ1) is 22.9. The van der Waals surface area contributed by atoms with Gasteiger partial charge in [-0.05, 0) is 81.3 Å². The summed E-state index contributed by atoms with van der Waals surface area (Å²) in [5.41, 5.74) is 5.17. The molecule has 1 aliphatic heterocycles. The Kier molecular flexibility index (Phi) is 12.6. The molecule has 0 saturated carbocycles. The molecular formula is C35H41Cl2N3O8. The predicted octanol–water partition coefficient (Wildman–Crippen LogP) is 5.97. The average molecular weight is 703 g/mol. The molecule has 3 N–H and O–H groups in total. The van der Waals surface area contributed by atoms with Gasteiger partial charge in [-0.15, -0.1) is 0 Å². The Morgan fingerprint density at radius 1 is 0.979 bits per heavy atom. The highest BCUT2D eigenvalue weighted by Crippen LogP contribution is 2.45. The van der Waals surface area contributed by atoms with Gasteiger partial charge in [0.05, 0.1) is 20.8 Å². The van der Waals surface area contributed by atoms with Gasteiger partial charge in [0.1, 0.15) is 22.8 Å². The Morgan fingerprint density at radius 3 is 2.27 bits per heavy atom. The highest BCUT2D eigenvalue weighted by molar-refractivity contribution is 6.35. The molecule has 0 aliphatic carbocycles. The molecule has 2 atom stereocenters. The number of aliphatic imine (C=N–C) groups is 1. The van der Waals surface area contributed by atoms with Crippen LogP contribution in [-0.2, 0) is 25.6 Å². The molecule has 4 rings (SSSR count). The van der Waals surface area contributed by atoms with E-state index in [0.717, 1.165) is 5.56 Å². The summed E-state index contributed by atoms with van der Waals surface area (Å²) < 4.78 is 28.4. The number of methoxy groups -OCH3 is 2. The molecule has 0 fully saturated rings. The summed E-state index contributed by atoms with van der Waals surface area (Å²) in [5, 5.41) is 9.73. The molecule has 3 aromatic rings. The number of carbonyl (C=O) groups excluding carboxylic acids is 2. The molecule has 0 aromatic heterocycles. The zero-order chi connectivity index (χ0) is 34.9. The first-order valence-corrected chi connectivity index (χ1v) is 16.2. The fraction of sp³-hybridized carbons (Fsp3) is 0.400. The number of amides is 1. The molecule has 11 nitrogen and oxygen atoms in total. The molecule has 0 radical (unpaired) electrons. The number of hydrogen-bond donors (Lipinski definition) is 3. The first kappa shape index (κ1) is 36.8. The molecule has 0 saturated heterocycles. The number of halogens is 2. The topological polar surface area (TPSA) is 137 Å². The number of hydrazine groups is 1. The van der Waals surface area contributed by atoms with Gasteiger partial charge in [0.25, 0.3) is 5.91 Å². The van der Waals surface area contributed by atoms with E-state index in [1.807, 2.05) is 12.1 Å². The van der Waals surface area contributed by atoms with Gasteiger partial charge >= 0.3 is 5.97 Å². The monoisotopic (exact) mass is 701 g/mol. The zero-order valence-electron chi connectivity index (χ0n) is 27.6. The number of hydrogen-bond acceptors (Lipinski definition) is 10. The number of aliphatic hydroxyl groups is 1. The van der Waals surface area contributed by atoms with Gasteiger partial charge in [0, 0.05) is 53.2 Å². The van der Waals surface area contributed by atoms with E-state index in [-0.39, 0.29) is 36.9 Å². The lowest BCUT2D eigenvalue weighted by Crippen LogP contribution is -2.52. The van der Waals surface area contributed by atoms with Gasteiger partial charge < -0.3 is 28.8 Å². The lowest BCUT2D eigenvalue weighted by atomic mass is 9.83. The fourth-order valence-electron chi connectivity index (χ4n) is 5.05. The Morgan fingerprint density at radius 2 is 1.67 bits per heavy atom. The van der Waals surface area contributed by atoms with Crippen molar-refractivity contribution >= 4 is 41.0 Å². The number of benzene rings is 3. The van der Waals surface area contributed by atoms with Crippen molar-refractivity contribution in [1.29, 1.82) is 0 Å². The SMILES string of the molecule is COc1cc(CNNC(=O)[C@@]2(CCC(=O)OC(C)(C)C)N=C(c3ccc(OCCCO)cc3)O[C@H]2c2ccc(Cl)cc2Cl)cc(OC)c1. The van der Waals surface area contributed by atoms with Crippen molar-refractivity contribution in [1.82, 2.24) is 10.9 Å². The molecule has 1 aliphatic rings. The summed E-state index contributed by atoms with van der Waals surface area (Å²) in [4.78, 5) is 32.3. The number of esters is 1. The second-order valence-corrected chi connectivity index (χ2v) is 12.9. The number of rotatable bonds is 15. The summed E-state index contributed by atoms with van der Waals surface area (Å²) in [7, 11) is 3.11. The lowest BCUT2D eigenvalue weighted by molar-refractivity contribution is -0.155. The van der Waals surface area contributed by atoms with Crippen LogP contribution in [0.25, 0.3) is 0 Å². The summed E-state index contributed by atoms with van der Waals surface area (Å²) >= 11 is 12.9. The minimum Gasteiger partial charge on any atom is -0.497 e. The summed E-state index contributed by atoms with van der Waals surface area (Å²) in [6, 6.07) is 17.2. The largest absolute Gasteiger partial charge is 0.497 e. The van der Waals surface area contributed by atoms with Gasteiger partial charge in [-0.1, -0.05) is 29.3 Å². The first-order valence-electron chi connectivity index (χ1n) is 15.4. The second-order valence-electron chi connectivity index (χ2n) is 12.1. The van der Waals surface area contributed by atoms with E-state index in [4.69, 9.17) is 57.0 Å².